The van der Waals surface area contributed by atoms with Crippen LogP contribution in [0.5, 0.6) is 0 Å². The summed E-state index contributed by atoms with van der Waals surface area (Å²) < 4.78 is 13.6. The number of aliphatic hydroxyl groups excluding tert-OH is 1. The standard InChI is InChI=1S/C13H10BrClFNO/c14-11-7-10(16)2-1-8(11)5-12(18)9-3-4-17-13(15)6-9/h1-4,6-7,12,18H,5H2. The fourth-order valence-electron chi connectivity index (χ4n) is 1.64. The van der Waals surface area contributed by atoms with Gasteiger partial charge in [-0.2, -0.15) is 0 Å². The van der Waals surface area contributed by atoms with Gasteiger partial charge >= 0.3 is 0 Å². The molecule has 2 rings (SSSR count). The topological polar surface area (TPSA) is 33.1 Å². The molecule has 1 heterocycles. The van der Waals surface area contributed by atoms with E-state index in [0.717, 1.165) is 5.56 Å². The Hall–Kier alpha value is -0.970. The lowest BCUT2D eigenvalue weighted by Gasteiger charge is -2.12. The minimum Gasteiger partial charge on any atom is -0.388 e. The summed E-state index contributed by atoms with van der Waals surface area (Å²) in [5.41, 5.74) is 1.52. The molecule has 0 aliphatic carbocycles. The predicted octanol–water partition coefficient (Wildman–Crippen LogP) is 3.91. The van der Waals surface area contributed by atoms with Gasteiger partial charge in [0.05, 0.1) is 6.10 Å². The van der Waals surface area contributed by atoms with Crippen LogP contribution < -0.4 is 0 Å². The molecule has 94 valence electrons. The summed E-state index contributed by atoms with van der Waals surface area (Å²) >= 11 is 9.04. The monoisotopic (exact) mass is 329 g/mol. The predicted molar refractivity (Wildman–Crippen MR) is 72.0 cm³/mol. The van der Waals surface area contributed by atoms with E-state index in [9.17, 15) is 9.50 Å². The highest BCUT2D eigenvalue weighted by molar-refractivity contribution is 9.10. The number of halogens is 3. The Kier molecular flexibility index (Phi) is 4.32. The fourth-order valence-corrected chi connectivity index (χ4v) is 2.33. The van der Waals surface area contributed by atoms with Crippen molar-refractivity contribution >= 4 is 27.5 Å². The molecular formula is C13H10BrClFNO. The number of rotatable bonds is 3. The minimum atomic E-state index is -0.702. The molecule has 0 bridgehead atoms. The first-order chi connectivity index (χ1) is 8.56. The molecular weight excluding hydrogens is 321 g/mol. The lowest BCUT2D eigenvalue weighted by Crippen LogP contribution is -2.03. The van der Waals surface area contributed by atoms with E-state index < -0.39 is 6.10 Å². The molecule has 1 aromatic carbocycles. The maximum absolute atomic E-state index is 12.9. The van der Waals surface area contributed by atoms with Gasteiger partial charge in [-0.25, -0.2) is 9.37 Å². The van der Waals surface area contributed by atoms with Crippen molar-refractivity contribution in [2.24, 2.45) is 0 Å². The quantitative estimate of drug-likeness (QED) is 0.866. The number of nitrogens with zero attached hydrogens (tertiary/aromatic N) is 1. The van der Waals surface area contributed by atoms with Crippen LogP contribution in [0.15, 0.2) is 41.0 Å². The van der Waals surface area contributed by atoms with Crippen molar-refractivity contribution in [3.8, 4) is 0 Å². The van der Waals surface area contributed by atoms with E-state index in [4.69, 9.17) is 11.6 Å². The second-order valence-electron chi connectivity index (χ2n) is 3.87. The molecule has 2 aromatic rings. The van der Waals surface area contributed by atoms with E-state index >= 15 is 0 Å². The van der Waals surface area contributed by atoms with Crippen LogP contribution in [0.25, 0.3) is 0 Å². The van der Waals surface area contributed by atoms with Gasteiger partial charge in [0.2, 0.25) is 0 Å². The number of hydrogen-bond donors (Lipinski definition) is 1. The van der Waals surface area contributed by atoms with Crippen molar-refractivity contribution in [1.82, 2.24) is 4.98 Å². The van der Waals surface area contributed by atoms with Crippen LogP contribution in [0.1, 0.15) is 17.2 Å². The van der Waals surface area contributed by atoms with Crippen LogP contribution in [0, 0.1) is 5.82 Å². The van der Waals surface area contributed by atoms with E-state index in [1.54, 1.807) is 24.4 Å². The van der Waals surface area contributed by atoms with Gasteiger partial charge in [0.1, 0.15) is 11.0 Å². The van der Waals surface area contributed by atoms with Gasteiger partial charge in [0, 0.05) is 17.1 Å². The molecule has 0 saturated carbocycles. The van der Waals surface area contributed by atoms with E-state index in [-0.39, 0.29) is 5.82 Å². The van der Waals surface area contributed by atoms with Gasteiger partial charge in [-0.05, 0) is 35.4 Å². The van der Waals surface area contributed by atoms with Gasteiger partial charge in [-0.1, -0.05) is 33.6 Å². The Morgan fingerprint density at radius 3 is 2.78 bits per heavy atom. The summed E-state index contributed by atoms with van der Waals surface area (Å²) in [5.74, 6) is -0.313. The zero-order chi connectivity index (χ0) is 13.1. The molecule has 0 amide bonds. The second-order valence-corrected chi connectivity index (χ2v) is 5.11. The highest BCUT2D eigenvalue weighted by Gasteiger charge is 2.11. The van der Waals surface area contributed by atoms with E-state index in [1.807, 2.05) is 0 Å². The molecule has 0 aliphatic rings. The van der Waals surface area contributed by atoms with E-state index in [2.05, 4.69) is 20.9 Å². The van der Waals surface area contributed by atoms with Crippen molar-refractivity contribution in [3.05, 3.63) is 63.1 Å². The van der Waals surface area contributed by atoms with Crippen molar-refractivity contribution in [1.29, 1.82) is 0 Å². The molecule has 0 saturated heterocycles. The highest BCUT2D eigenvalue weighted by atomic mass is 79.9. The molecule has 0 fully saturated rings. The van der Waals surface area contributed by atoms with Gasteiger partial charge in [-0.3, -0.25) is 0 Å². The average molecular weight is 331 g/mol. The summed E-state index contributed by atoms with van der Waals surface area (Å²) in [5, 5.41) is 10.4. The van der Waals surface area contributed by atoms with Crippen molar-refractivity contribution in [2.45, 2.75) is 12.5 Å². The summed E-state index contributed by atoms with van der Waals surface area (Å²) in [6.45, 7) is 0. The molecule has 1 unspecified atom stereocenters. The molecule has 18 heavy (non-hydrogen) atoms. The third kappa shape index (κ3) is 3.28. The Balaban J connectivity index is 2.18. The Morgan fingerprint density at radius 1 is 1.33 bits per heavy atom. The summed E-state index contributed by atoms with van der Waals surface area (Å²) in [7, 11) is 0. The zero-order valence-corrected chi connectivity index (χ0v) is 11.6. The van der Waals surface area contributed by atoms with E-state index in [0.29, 0.717) is 21.6 Å². The first kappa shape index (κ1) is 13.5. The van der Waals surface area contributed by atoms with Crippen LogP contribution in [0.2, 0.25) is 5.15 Å². The summed E-state index contributed by atoms with van der Waals surface area (Å²) in [6.07, 6.45) is 1.22. The fraction of sp³-hybridized carbons (Fsp3) is 0.154. The molecule has 1 N–H and O–H groups in total. The van der Waals surface area contributed by atoms with Gasteiger partial charge < -0.3 is 5.11 Å². The summed E-state index contributed by atoms with van der Waals surface area (Å²) in [4.78, 5) is 3.85. The molecule has 5 heteroatoms. The third-order valence-electron chi connectivity index (χ3n) is 2.56. The van der Waals surface area contributed by atoms with Gasteiger partial charge in [-0.15, -0.1) is 0 Å². The lowest BCUT2D eigenvalue weighted by molar-refractivity contribution is 0.178. The van der Waals surface area contributed by atoms with Crippen LogP contribution in [0.4, 0.5) is 4.39 Å². The average Bonchev–Trinajstić information content (AvgIpc) is 2.32. The number of pyridine rings is 1. The van der Waals surface area contributed by atoms with Crippen LogP contribution in [-0.2, 0) is 6.42 Å². The number of hydrogen-bond acceptors (Lipinski definition) is 2. The minimum absolute atomic E-state index is 0.313. The molecule has 1 aromatic heterocycles. The Morgan fingerprint density at radius 2 is 2.11 bits per heavy atom. The summed E-state index contributed by atoms with van der Waals surface area (Å²) in [6, 6.07) is 7.71. The zero-order valence-electron chi connectivity index (χ0n) is 9.28. The lowest BCUT2D eigenvalue weighted by atomic mass is 10.0. The third-order valence-corrected chi connectivity index (χ3v) is 3.51. The molecule has 0 spiro atoms. The maximum atomic E-state index is 12.9. The Labute approximate surface area is 118 Å². The van der Waals surface area contributed by atoms with Gasteiger partial charge in [0.15, 0.2) is 0 Å². The maximum Gasteiger partial charge on any atom is 0.129 e. The largest absolute Gasteiger partial charge is 0.388 e. The number of aromatic nitrogens is 1. The smallest absolute Gasteiger partial charge is 0.129 e. The number of benzene rings is 1. The first-order valence-corrected chi connectivity index (χ1v) is 6.47. The van der Waals surface area contributed by atoms with Crippen LogP contribution in [-0.4, -0.2) is 10.1 Å². The van der Waals surface area contributed by atoms with Crippen LogP contribution in [0.3, 0.4) is 0 Å². The SMILES string of the molecule is OC(Cc1ccc(F)cc1Br)c1ccnc(Cl)c1. The second kappa shape index (κ2) is 5.78. The first-order valence-electron chi connectivity index (χ1n) is 5.29. The molecule has 0 aliphatic heterocycles. The van der Waals surface area contributed by atoms with Gasteiger partial charge in [0.25, 0.3) is 0 Å². The highest BCUT2D eigenvalue weighted by Crippen LogP contribution is 2.25. The molecule has 2 nitrogen and oxygen atoms in total. The van der Waals surface area contributed by atoms with Crippen molar-refractivity contribution in [2.75, 3.05) is 0 Å². The normalized spacial score (nSPS) is 12.4. The van der Waals surface area contributed by atoms with Crippen molar-refractivity contribution < 1.29 is 9.50 Å². The van der Waals surface area contributed by atoms with Crippen LogP contribution >= 0.6 is 27.5 Å². The number of aliphatic hydroxyl groups is 1. The molecule has 1 atom stereocenters. The van der Waals surface area contributed by atoms with E-state index in [1.165, 1.54) is 12.1 Å². The Bertz CT molecular complexity index is 564. The van der Waals surface area contributed by atoms with Crippen molar-refractivity contribution in [3.63, 3.8) is 0 Å². The molecule has 0 radical (unpaired) electrons.